The molecule has 0 saturated carbocycles. The molecule has 0 atom stereocenters. The first kappa shape index (κ1) is 23.2. The zero-order chi connectivity index (χ0) is 22.8. The molecule has 1 fully saturated rings. The Hall–Kier alpha value is -2.50. The van der Waals surface area contributed by atoms with E-state index < -0.39 is 30.7 Å². The Morgan fingerprint density at radius 2 is 1.58 bits per heavy atom. The predicted octanol–water partition coefficient (Wildman–Crippen LogP) is 3.58. The first-order valence-corrected chi connectivity index (χ1v) is 12.8. The summed E-state index contributed by atoms with van der Waals surface area (Å²) in [6.45, 7) is 4.17. The third-order valence-corrected chi connectivity index (χ3v) is 8.65. The molecule has 0 aliphatic carbocycles. The fraction of sp³-hybridized carbons (Fsp3) is 0.400. The predicted molar refractivity (Wildman–Crippen MR) is 117 cm³/mol. The average molecular weight is 468 g/mol. The van der Waals surface area contributed by atoms with Gasteiger partial charge in [-0.1, -0.05) is 30.5 Å². The van der Waals surface area contributed by atoms with Gasteiger partial charge in [-0.3, -0.25) is 14.8 Å². The maximum absolute atomic E-state index is 13.0. The molecule has 3 rings (SSSR count). The van der Waals surface area contributed by atoms with Crippen molar-refractivity contribution in [3.8, 4) is 0 Å². The summed E-state index contributed by atoms with van der Waals surface area (Å²) in [5.74, 6) is 0. The largest absolute Gasteiger partial charge is 0.294 e. The first-order valence-electron chi connectivity index (χ1n) is 9.91. The molecule has 1 saturated heterocycles. The summed E-state index contributed by atoms with van der Waals surface area (Å²) in [4.78, 5) is 10.6. The maximum Gasteiger partial charge on any atom is 0.294 e. The molecule has 0 radical (unpaired) electrons. The molecule has 2 aromatic carbocycles. The summed E-state index contributed by atoms with van der Waals surface area (Å²) in [5, 5.41) is 11.6. The molecule has 2 aromatic rings. The van der Waals surface area contributed by atoms with Crippen molar-refractivity contribution in [1.82, 2.24) is 4.31 Å². The molecule has 0 bridgehead atoms. The number of rotatable bonds is 6. The van der Waals surface area contributed by atoms with Crippen LogP contribution in [0.5, 0.6) is 0 Å². The van der Waals surface area contributed by atoms with Crippen molar-refractivity contribution in [3.05, 3.63) is 57.6 Å². The third-order valence-electron chi connectivity index (χ3n) is 5.23. The van der Waals surface area contributed by atoms with Gasteiger partial charge < -0.3 is 0 Å². The summed E-state index contributed by atoms with van der Waals surface area (Å²) in [6.07, 6.45) is 3.33. The molecule has 1 aliphatic rings. The van der Waals surface area contributed by atoms with Gasteiger partial charge in [0.2, 0.25) is 10.0 Å². The minimum absolute atomic E-state index is 0.00587. The normalized spacial score (nSPS) is 15.9. The second-order valence-corrected chi connectivity index (χ2v) is 11.2. The zero-order valence-corrected chi connectivity index (χ0v) is 19.0. The van der Waals surface area contributed by atoms with E-state index in [1.807, 2.05) is 6.92 Å². The van der Waals surface area contributed by atoms with Gasteiger partial charge in [0.15, 0.2) is 0 Å². The van der Waals surface area contributed by atoms with Gasteiger partial charge in [-0.15, -0.1) is 0 Å². The van der Waals surface area contributed by atoms with Crippen LogP contribution in [0.1, 0.15) is 36.8 Å². The molecule has 0 unspecified atom stereocenters. The van der Waals surface area contributed by atoms with Gasteiger partial charge in [-0.2, -0.15) is 4.31 Å². The van der Waals surface area contributed by atoms with Gasteiger partial charge in [-0.05, 0) is 50.5 Å². The van der Waals surface area contributed by atoms with Gasteiger partial charge in [0.25, 0.3) is 15.7 Å². The lowest BCUT2D eigenvalue weighted by Crippen LogP contribution is -2.32. The second kappa shape index (κ2) is 8.93. The standard InChI is InChI=1S/C20H25N3O6S2/c1-15-7-10-20(16(2)13-15)30(26,27)21-18-9-8-17(14-19(18)23(24)25)31(28,29)22-11-5-3-4-6-12-22/h7-10,13-14,21H,3-6,11-12H2,1-2H3. The summed E-state index contributed by atoms with van der Waals surface area (Å²) >= 11 is 0. The molecule has 0 amide bonds. The van der Waals surface area contributed by atoms with Crippen molar-refractivity contribution in [2.75, 3.05) is 17.8 Å². The summed E-state index contributed by atoms with van der Waals surface area (Å²) in [7, 11) is -8.02. The van der Waals surface area contributed by atoms with E-state index in [4.69, 9.17) is 0 Å². The fourth-order valence-corrected chi connectivity index (χ4v) is 6.48. The van der Waals surface area contributed by atoms with E-state index in [0.29, 0.717) is 18.7 Å². The Morgan fingerprint density at radius 1 is 0.935 bits per heavy atom. The van der Waals surface area contributed by atoms with E-state index in [-0.39, 0.29) is 15.5 Å². The molecule has 9 nitrogen and oxygen atoms in total. The van der Waals surface area contributed by atoms with Crippen molar-refractivity contribution in [1.29, 1.82) is 0 Å². The van der Waals surface area contributed by atoms with Crippen LogP contribution >= 0.6 is 0 Å². The number of nitro groups is 1. The molecular weight excluding hydrogens is 442 g/mol. The van der Waals surface area contributed by atoms with Gasteiger partial charge in [0.1, 0.15) is 5.69 Å². The van der Waals surface area contributed by atoms with Crippen molar-refractivity contribution in [3.63, 3.8) is 0 Å². The van der Waals surface area contributed by atoms with E-state index >= 15 is 0 Å². The molecule has 1 aliphatic heterocycles. The number of hydrogen-bond acceptors (Lipinski definition) is 6. The number of nitrogens with one attached hydrogen (secondary N) is 1. The first-order chi connectivity index (χ1) is 14.5. The average Bonchev–Trinajstić information content (AvgIpc) is 2.97. The monoisotopic (exact) mass is 467 g/mol. The number of nitro benzene ring substituents is 1. The molecule has 1 N–H and O–H groups in total. The van der Waals surface area contributed by atoms with Gasteiger partial charge in [0, 0.05) is 19.2 Å². The lowest BCUT2D eigenvalue weighted by atomic mass is 10.2. The molecule has 0 spiro atoms. The smallest absolute Gasteiger partial charge is 0.273 e. The zero-order valence-electron chi connectivity index (χ0n) is 17.4. The number of nitrogens with zero attached hydrogens (tertiary/aromatic N) is 2. The molecule has 1 heterocycles. The number of sulfonamides is 2. The lowest BCUT2D eigenvalue weighted by molar-refractivity contribution is -0.384. The Kier molecular flexibility index (Phi) is 6.68. The molecular formula is C20H25N3O6S2. The van der Waals surface area contributed by atoms with E-state index in [2.05, 4.69) is 4.72 Å². The van der Waals surface area contributed by atoms with Crippen LogP contribution in [0, 0.1) is 24.0 Å². The highest BCUT2D eigenvalue weighted by atomic mass is 32.2. The lowest BCUT2D eigenvalue weighted by Gasteiger charge is -2.20. The van der Waals surface area contributed by atoms with Crippen LogP contribution in [0.4, 0.5) is 11.4 Å². The molecule has 11 heteroatoms. The molecule has 31 heavy (non-hydrogen) atoms. The highest BCUT2D eigenvalue weighted by Crippen LogP contribution is 2.32. The quantitative estimate of drug-likeness (QED) is 0.511. The summed E-state index contributed by atoms with van der Waals surface area (Å²) in [5.41, 5.74) is 0.463. The highest BCUT2D eigenvalue weighted by molar-refractivity contribution is 7.92. The highest BCUT2D eigenvalue weighted by Gasteiger charge is 2.29. The Bertz CT molecular complexity index is 1200. The fourth-order valence-electron chi connectivity index (χ4n) is 3.64. The van der Waals surface area contributed by atoms with Crippen LogP contribution in [-0.2, 0) is 20.0 Å². The van der Waals surface area contributed by atoms with Crippen LogP contribution in [0.3, 0.4) is 0 Å². The summed E-state index contributed by atoms with van der Waals surface area (Å²) in [6, 6.07) is 8.00. The number of aryl methyl sites for hydroxylation is 2. The van der Waals surface area contributed by atoms with Crippen LogP contribution in [-0.4, -0.2) is 39.2 Å². The third kappa shape index (κ3) is 5.05. The Balaban J connectivity index is 1.98. The van der Waals surface area contributed by atoms with E-state index in [0.717, 1.165) is 43.4 Å². The topological polar surface area (TPSA) is 127 Å². The van der Waals surface area contributed by atoms with Gasteiger partial charge >= 0.3 is 0 Å². The van der Waals surface area contributed by atoms with Gasteiger partial charge in [0.05, 0.1) is 14.7 Å². The van der Waals surface area contributed by atoms with Crippen LogP contribution in [0.25, 0.3) is 0 Å². The van der Waals surface area contributed by atoms with Crippen molar-refractivity contribution < 1.29 is 21.8 Å². The van der Waals surface area contributed by atoms with Crippen LogP contribution in [0.15, 0.2) is 46.2 Å². The SMILES string of the molecule is Cc1ccc(S(=O)(=O)Nc2ccc(S(=O)(=O)N3CCCCCC3)cc2[N+](=O)[O-])c(C)c1. The van der Waals surface area contributed by atoms with Gasteiger partial charge in [-0.25, -0.2) is 16.8 Å². The van der Waals surface area contributed by atoms with Crippen LogP contribution in [0.2, 0.25) is 0 Å². The molecule has 168 valence electrons. The number of anilines is 1. The number of benzene rings is 2. The van der Waals surface area contributed by atoms with Crippen molar-refractivity contribution >= 4 is 31.4 Å². The van der Waals surface area contributed by atoms with Crippen LogP contribution < -0.4 is 4.72 Å². The van der Waals surface area contributed by atoms with E-state index in [1.165, 1.54) is 16.4 Å². The summed E-state index contributed by atoms with van der Waals surface area (Å²) < 4.78 is 55.1. The minimum Gasteiger partial charge on any atom is -0.273 e. The van der Waals surface area contributed by atoms with E-state index in [9.17, 15) is 26.9 Å². The van der Waals surface area contributed by atoms with Crippen molar-refractivity contribution in [2.45, 2.75) is 49.3 Å². The Morgan fingerprint density at radius 3 is 2.16 bits per heavy atom. The van der Waals surface area contributed by atoms with E-state index in [1.54, 1.807) is 19.1 Å². The minimum atomic E-state index is -4.10. The Labute approximate surface area is 182 Å². The number of hydrogen-bond donors (Lipinski definition) is 1. The molecule has 0 aromatic heterocycles. The second-order valence-electron chi connectivity index (χ2n) is 7.63. The van der Waals surface area contributed by atoms with Crippen molar-refractivity contribution in [2.24, 2.45) is 0 Å². The maximum atomic E-state index is 13.0.